The molecule has 1 heterocycles. The number of benzene rings is 2. The average molecular weight is 570 g/mol. The summed E-state index contributed by atoms with van der Waals surface area (Å²) < 4.78 is 23.6. The molecule has 0 unspecified atom stereocenters. The molecule has 174 valence electrons. The molecule has 2 N–H and O–H groups in total. The van der Waals surface area contributed by atoms with Gasteiger partial charge in [-0.05, 0) is 55.2 Å². The quantitative estimate of drug-likeness (QED) is 0.303. The van der Waals surface area contributed by atoms with E-state index in [4.69, 9.17) is 0 Å². The molecule has 0 atom stereocenters. The highest BCUT2D eigenvalue weighted by molar-refractivity contribution is 14.0. The topological polar surface area (TPSA) is 90.9 Å². The molecule has 0 aromatic heterocycles. The SMILES string of the molecule is CCNC(=NCc1ccc(S(C)(=O)=O)c(C)c1)NCc1ccc(N2CCCC2=O)cc1.I. The normalized spacial score (nSPS) is 14.3. The molecule has 1 aliphatic rings. The van der Waals surface area contributed by atoms with Gasteiger partial charge in [0, 0.05) is 38.0 Å². The second-order valence-corrected chi connectivity index (χ2v) is 9.72. The minimum absolute atomic E-state index is 0. The van der Waals surface area contributed by atoms with Crippen molar-refractivity contribution in [3.8, 4) is 0 Å². The summed E-state index contributed by atoms with van der Waals surface area (Å²) in [5, 5.41) is 6.54. The number of aliphatic imine (C=N–C) groups is 1. The number of halogens is 1. The molecule has 0 saturated carbocycles. The summed E-state index contributed by atoms with van der Waals surface area (Å²) in [5.41, 5.74) is 3.71. The van der Waals surface area contributed by atoms with Crippen molar-refractivity contribution in [1.82, 2.24) is 10.6 Å². The molecule has 1 amide bonds. The van der Waals surface area contributed by atoms with Crippen LogP contribution in [0.15, 0.2) is 52.4 Å². The molecule has 1 saturated heterocycles. The van der Waals surface area contributed by atoms with E-state index in [1.54, 1.807) is 19.1 Å². The fourth-order valence-corrected chi connectivity index (χ4v) is 4.60. The molecule has 0 bridgehead atoms. The van der Waals surface area contributed by atoms with Gasteiger partial charge in [0.25, 0.3) is 0 Å². The molecule has 3 rings (SSSR count). The van der Waals surface area contributed by atoms with E-state index in [9.17, 15) is 13.2 Å². The minimum atomic E-state index is -3.22. The van der Waals surface area contributed by atoms with E-state index in [1.165, 1.54) is 6.26 Å². The van der Waals surface area contributed by atoms with E-state index in [2.05, 4.69) is 15.6 Å². The standard InChI is InChI=1S/C23H30N4O3S.HI/c1-4-24-23(26-16-19-9-12-21(17(2)14-19)31(3,29)30)25-15-18-7-10-20(11-8-18)27-13-5-6-22(27)28;/h7-12,14H,4-6,13,15-16H2,1-3H3,(H2,24,25,26);1H. The van der Waals surface area contributed by atoms with Crippen molar-refractivity contribution in [2.75, 3.05) is 24.2 Å². The van der Waals surface area contributed by atoms with Crippen molar-refractivity contribution in [3.63, 3.8) is 0 Å². The molecular formula is C23H31IN4O3S. The van der Waals surface area contributed by atoms with E-state index in [-0.39, 0.29) is 29.9 Å². The third-order valence-corrected chi connectivity index (χ3v) is 6.44. The fourth-order valence-electron chi connectivity index (χ4n) is 3.64. The highest BCUT2D eigenvalue weighted by Crippen LogP contribution is 2.21. The average Bonchev–Trinajstić information content (AvgIpc) is 3.15. The van der Waals surface area contributed by atoms with Gasteiger partial charge < -0.3 is 15.5 Å². The van der Waals surface area contributed by atoms with E-state index in [0.29, 0.717) is 30.4 Å². The lowest BCUT2D eigenvalue weighted by Gasteiger charge is -2.16. The van der Waals surface area contributed by atoms with Gasteiger partial charge in [-0.3, -0.25) is 4.79 Å². The van der Waals surface area contributed by atoms with Gasteiger partial charge in [0.15, 0.2) is 15.8 Å². The summed E-state index contributed by atoms with van der Waals surface area (Å²) in [7, 11) is -3.22. The molecule has 1 fully saturated rings. The number of hydrogen-bond acceptors (Lipinski definition) is 4. The zero-order chi connectivity index (χ0) is 22.4. The number of aryl methyl sites for hydroxylation is 1. The van der Waals surface area contributed by atoms with Crippen LogP contribution >= 0.6 is 24.0 Å². The number of guanidine groups is 1. The van der Waals surface area contributed by atoms with Crippen molar-refractivity contribution in [2.45, 2.75) is 44.7 Å². The molecule has 9 heteroatoms. The predicted molar refractivity (Wildman–Crippen MR) is 139 cm³/mol. The van der Waals surface area contributed by atoms with Crippen LogP contribution in [0.2, 0.25) is 0 Å². The lowest BCUT2D eigenvalue weighted by atomic mass is 10.1. The van der Waals surface area contributed by atoms with Crippen LogP contribution in [-0.4, -0.2) is 39.6 Å². The first-order valence-corrected chi connectivity index (χ1v) is 12.4. The second-order valence-electron chi connectivity index (χ2n) is 7.74. The van der Waals surface area contributed by atoms with Crippen LogP contribution in [0.4, 0.5) is 5.69 Å². The maximum absolute atomic E-state index is 11.9. The van der Waals surface area contributed by atoms with Crippen molar-refractivity contribution in [3.05, 3.63) is 59.2 Å². The summed E-state index contributed by atoms with van der Waals surface area (Å²) >= 11 is 0. The summed E-state index contributed by atoms with van der Waals surface area (Å²) in [6, 6.07) is 13.3. The summed E-state index contributed by atoms with van der Waals surface area (Å²) in [6.45, 7) is 6.37. The number of carbonyl (C=O) groups is 1. The Morgan fingerprint density at radius 2 is 1.78 bits per heavy atom. The lowest BCUT2D eigenvalue weighted by Crippen LogP contribution is -2.36. The Morgan fingerprint density at radius 1 is 1.09 bits per heavy atom. The third-order valence-electron chi connectivity index (χ3n) is 5.18. The fraction of sp³-hybridized carbons (Fsp3) is 0.391. The Labute approximate surface area is 207 Å². The van der Waals surface area contributed by atoms with Gasteiger partial charge in [0.1, 0.15) is 0 Å². The zero-order valence-corrected chi connectivity index (χ0v) is 21.9. The van der Waals surface area contributed by atoms with Gasteiger partial charge in [-0.1, -0.05) is 24.3 Å². The summed E-state index contributed by atoms with van der Waals surface area (Å²) in [6.07, 6.45) is 2.76. The third kappa shape index (κ3) is 6.93. The van der Waals surface area contributed by atoms with E-state index < -0.39 is 9.84 Å². The Balaban J connectivity index is 0.00000363. The highest BCUT2D eigenvalue weighted by Gasteiger charge is 2.21. The highest BCUT2D eigenvalue weighted by atomic mass is 127. The van der Waals surface area contributed by atoms with Gasteiger partial charge >= 0.3 is 0 Å². The number of nitrogens with zero attached hydrogens (tertiary/aromatic N) is 2. The Morgan fingerprint density at radius 3 is 2.34 bits per heavy atom. The number of amides is 1. The molecule has 7 nitrogen and oxygen atoms in total. The number of carbonyl (C=O) groups excluding carboxylic acids is 1. The van der Waals surface area contributed by atoms with Gasteiger partial charge in [0.2, 0.25) is 5.91 Å². The Hall–Kier alpha value is -2.14. The molecule has 32 heavy (non-hydrogen) atoms. The monoisotopic (exact) mass is 570 g/mol. The maximum atomic E-state index is 11.9. The van der Waals surface area contributed by atoms with Crippen LogP contribution in [0.1, 0.15) is 36.5 Å². The number of nitrogens with one attached hydrogen (secondary N) is 2. The number of hydrogen-bond donors (Lipinski definition) is 2. The van der Waals surface area contributed by atoms with E-state index in [0.717, 1.165) is 41.9 Å². The van der Waals surface area contributed by atoms with Crippen LogP contribution in [0.5, 0.6) is 0 Å². The second kappa shape index (κ2) is 11.6. The lowest BCUT2D eigenvalue weighted by molar-refractivity contribution is -0.117. The van der Waals surface area contributed by atoms with E-state index >= 15 is 0 Å². The maximum Gasteiger partial charge on any atom is 0.227 e. The zero-order valence-electron chi connectivity index (χ0n) is 18.7. The number of anilines is 1. The van der Waals surface area contributed by atoms with E-state index in [1.807, 2.05) is 42.2 Å². The largest absolute Gasteiger partial charge is 0.357 e. The van der Waals surface area contributed by atoms with Crippen LogP contribution in [0.25, 0.3) is 0 Å². The summed E-state index contributed by atoms with van der Waals surface area (Å²) in [4.78, 5) is 18.7. The first-order valence-electron chi connectivity index (χ1n) is 10.5. The van der Waals surface area contributed by atoms with Crippen LogP contribution in [0.3, 0.4) is 0 Å². The number of rotatable bonds is 7. The van der Waals surface area contributed by atoms with Gasteiger partial charge in [0.05, 0.1) is 11.4 Å². The molecule has 1 aliphatic heterocycles. The molecule has 0 aliphatic carbocycles. The van der Waals surface area contributed by atoms with Gasteiger partial charge in [-0.2, -0.15) is 0 Å². The Kier molecular flexibility index (Phi) is 9.50. The number of sulfone groups is 1. The molecular weight excluding hydrogens is 539 g/mol. The van der Waals surface area contributed by atoms with Crippen molar-refractivity contribution < 1.29 is 13.2 Å². The molecule has 0 spiro atoms. The van der Waals surface area contributed by atoms with Crippen molar-refractivity contribution in [2.24, 2.45) is 4.99 Å². The smallest absolute Gasteiger partial charge is 0.227 e. The van der Waals surface area contributed by atoms with Gasteiger partial charge in [-0.15, -0.1) is 24.0 Å². The first kappa shape index (κ1) is 26.1. The van der Waals surface area contributed by atoms with Crippen LogP contribution in [-0.2, 0) is 27.7 Å². The minimum Gasteiger partial charge on any atom is -0.357 e. The van der Waals surface area contributed by atoms with Crippen LogP contribution in [0, 0.1) is 6.92 Å². The van der Waals surface area contributed by atoms with Gasteiger partial charge in [-0.25, -0.2) is 13.4 Å². The first-order chi connectivity index (χ1) is 14.8. The molecule has 2 aromatic carbocycles. The van der Waals surface area contributed by atoms with Crippen molar-refractivity contribution >= 4 is 51.4 Å². The summed E-state index contributed by atoms with van der Waals surface area (Å²) in [5.74, 6) is 0.874. The predicted octanol–water partition coefficient (Wildman–Crippen LogP) is 3.40. The van der Waals surface area contributed by atoms with Crippen LogP contribution < -0.4 is 15.5 Å². The molecule has 2 aromatic rings. The van der Waals surface area contributed by atoms with Crippen molar-refractivity contribution in [1.29, 1.82) is 0 Å². The molecule has 0 radical (unpaired) electrons. The Bertz CT molecular complexity index is 1070.